The first-order chi connectivity index (χ1) is 24.8. The summed E-state index contributed by atoms with van der Waals surface area (Å²) >= 11 is 6.89. The molecule has 2 aromatic carbocycles. The second-order valence-electron chi connectivity index (χ2n) is 13.8. The molecule has 9 nitrogen and oxygen atoms in total. The molecule has 4 heterocycles. The van der Waals surface area contributed by atoms with Crippen molar-refractivity contribution in [3.63, 3.8) is 0 Å². The summed E-state index contributed by atoms with van der Waals surface area (Å²) in [5.74, 6) is 2.09. The third-order valence-corrected chi connectivity index (χ3v) is 10.4. The smallest absolute Gasteiger partial charge is 0.142 e. The van der Waals surface area contributed by atoms with Crippen LogP contribution >= 0.6 is 11.6 Å². The Hall–Kier alpha value is -4.20. The largest absolute Gasteiger partial charge is 0.493 e. The number of rotatable bonds is 14. The van der Waals surface area contributed by atoms with Gasteiger partial charge in [-0.1, -0.05) is 30.2 Å². The number of likely N-dealkylation sites (tertiary alicyclic amines) is 2. The van der Waals surface area contributed by atoms with E-state index in [4.69, 9.17) is 25.8 Å². The predicted molar refractivity (Wildman–Crippen MR) is 199 cm³/mol. The highest BCUT2D eigenvalue weighted by molar-refractivity contribution is 6.32. The molecule has 0 aliphatic carbocycles. The maximum Gasteiger partial charge on any atom is 0.142 e. The Bertz CT molecular complexity index is 1850. The highest BCUT2D eigenvalue weighted by atomic mass is 35.5. The van der Waals surface area contributed by atoms with Crippen molar-refractivity contribution >= 4 is 11.6 Å². The number of hydrogen-bond donors (Lipinski definition) is 1. The third-order valence-electron chi connectivity index (χ3n) is 10.1. The number of β-amino-alcohol motifs (C(OH)–C–C–N with tert-alkyl or cyclic N) is 1. The van der Waals surface area contributed by atoms with Gasteiger partial charge in [-0.2, -0.15) is 5.26 Å². The van der Waals surface area contributed by atoms with E-state index in [1.807, 2.05) is 36.5 Å². The molecule has 0 spiro atoms. The van der Waals surface area contributed by atoms with Crippen molar-refractivity contribution in [2.24, 2.45) is 0 Å². The van der Waals surface area contributed by atoms with Crippen molar-refractivity contribution in [1.29, 1.82) is 5.26 Å². The van der Waals surface area contributed by atoms with Crippen LogP contribution in [0.4, 0.5) is 0 Å². The Morgan fingerprint density at radius 1 is 0.941 bits per heavy atom. The summed E-state index contributed by atoms with van der Waals surface area (Å²) in [5.41, 5.74) is 7.39. The zero-order valence-corrected chi connectivity index (χ0v) is 30.7. The highest BCUT2D eigenvalue weighted by Crippen LogP contribution is 2.37. The number of nitrogens with zero attached hydrogens (tertiary/aromatic N) is 5. The van der Waals surface area contributed by atoms with Crippen LogP contribution in [0.15, 0.2) is 61.1 Å². The van der Waals surface area contributed by atoms with E-state index in [0.29, 0.717) is 34.7 Å². The summed E-state index contributed by atoms with van der Waals surface area (Å²) in [5, 5.41) is 19.7. The number of nitriles is 1. The van der Waals surface area contributed by atoms with Crippen LogP contribution in [0.5, 0.6) is 17.2 Å². The van der Waals surface area contributed by atoms with Crippen LogP contribution in [0.3, 0.4) is 0 Å². The Kier molecular flexibility index (Phi) is 12.4. The first kappa shape index (κ1) is 36.6. The zero-order valence-electron chi connectivity index (χ0n) is 29.9. The first-order valence-corrected chi connectivity index (χ1v) is 18.4. The van der Waals surface area contributed by atoms with E-state index in [1.54, 1.807) is 18.5 Å². The number of pyridine rings is 2. The van der Waals surface area contributed by atoms with Crippen LogP contribution < -0.4 is 14.2 Å². The number of ether oxygens (including phenoxy) is 3. The van der Waals surface area contributed by atoms with Gasteiger partial charge in [-0.25, -0.2) is 0 Å². The molecular formula is C41H48ClN5O4. The lowest BCUT2D eigenvalue weighted by molar-refractivity contribution is 0.150. The standard InChI is InChI=1S/C41H48ClN5O4/c1-28-8-4-5-15-47(28)24-33-19-37(42)41(20-40(33)50-26-32-18-31(21-43)22-44-23-32)51-27-38-29(2)36(11-13-45-38)35-9-6-10-39(30(35)3)49-17-7-14-46-16-12-34(48)25-46/h6,9-11,13,18-20,22-23,28,34,48H,4-5,7-8,12,14-17,24-27H2,1-3H3/t28-,34-/m1/s1. The lowest BCUT2D eigenvalue weighted by atomic mass is 9.96. The monoisotopic (exact) mass is 709 g/mol. The van der Waals surface area contributed by atoms with Gasteiger partial charge in [-0.3, -0.25) is 14.9 Å². The summed E-state index contributed by atoms with van der Waals surface area (Å²) in [6.07, 6.45) is 10.2. The van der Waals surface area contributed by atoms with Crippen molar-refractivity contribution in [3.8, 4) is 34.4 Å². The first-order valence-electron chi connectivity index (χ1n) is 18.0. The van der Waals surface area contributed by atoms with Gasteiger partial charge in [0.15, 0.2) is 0 Å². The van der Waals surface area contributed by atoms with E-state index in [-0.39, 0.29) is 19.3 Å². The van der Waals surface area contributed by atoms with E-state index < -0.39 is 0 Å². The average Bonchev–Trinajstić information content (AvgIpc) is 3.56. The molecule has 10 heteroatoms. The molecule has 2 fully saturated rings. The molecule has 2 aromatic heterocycles. The number of aliphatic hydroxyl groups is 1. The lowest BCUT2D eigenvalue weighted by Crippen LogP contribution is -2.36. The Morgan fingerprint density at radius 3 is 2.59 bits per heavy atom. The molecular weight excluding hydrogens is 662 g/mol. The van der Waals surface area contributed by atoms with Gasteiger partial charge in [0.25, 0.3) is 0 Å². The summed E-state index contributed by atoms with van der Waals surface area (Å²) in [4.78, 5) is 13.6. The molecule has 4 aromatic rings. The number of benzene rings is 2. The van der Waals surface area contributed by atoms with Gasteiger partial charge in [-0.15, -0.1) is 0 Å². The molecule has 0 unspecified atom stereocenters. The maximum atomic E-state index is 9.80. The number of hydrogen-bond acceptors (Lipinski definition) is 9. The van der Waals surface area contributed by atoms with E-state index in [1.165, 1.54) is 19.3 Å². The SMILES string of the molecule is Cc1c(OCCCN2CC[C@@H](O)C2)cccc1-c1ccnc(COc2cc(OCc3cncc(C#N)c3)c(CN3CCCC[C@H]3C)cc2Cl)c1C. The van der Waals surface area contributed by atoms with Crippen LogP contribution in [-0.2, 0) is 19.8 Å². The molecule has 2 atom stereocenters. The average molecular weight is 710 g/mol. The molecule has 0 amide bonds. The normalized spacial score (nSPS) is 18.0. The number of aromatic nitrogens is 2. The van der Waals surface area contributed by atoms with Gasteiger partial charge in [0.05, 0.1) is 29.0 Å². The highest BCUT2D eigenvalue weighted by Gasteiger charge is 2.22. The van der Waals surface area contributed by atoms with Crippen molar-refractivity contribution in [2.75, 3.05) is 32.8 Å². The van der Waals surface area contributed by atoms with Gasteiger partial charge in [0.1, 0.15) is 36.5 Å². The molecule has 0 saturated carbocycles. The molecule has 268 valence electrons. The van der Waals surface area contributed by atoms with Crippen LogP contribution in [0.25, 0.3) is 11.1 Å². The summed E-state index contributed by atoms with van der Waals surface area (Å²) in [7, 11) is 0. The van der Waals surface area contributed by atoms with Crippen molar-refractivity contribution in [2.45, 2.75) is 84.8 Å². The summed E-state index contributed by atoms with van der Waals surface area (Å²) < 4.78 is 19.0. The molecule has 1 N–H and O–H groups in total. The van der Waals surface area contributed by atoms with Gasteiger partial charge in [-0.05, 0) is 99.5 Å². The summed E-state index contributed by atoms with van der Waals surface area (Å²) in [6.45, 7) is 11.9. The van der Waals surface area contributed by atoms with Gasteiger partial charge in [0.2, 0.25) is 0 Å². The van der Waals surface area contributed by atoms with Crippen molar-refractivity contribution in [3.05, 3.63) is 99.6 Å². The van der Waals surface area contributed by atoms with E-state index >= 15 is 0 Å². The zero-order chi connectivity index (χ0) is 35.7. The Balaban J connectivity index is 1.17. The molecule has 6 rings (SSSR count). The fourth-order valence-electron chi connectivity index (χ4n) is 7.06. The Morgan fingerprint density at radius 2 is 1.78 bits per heavy atom. The molecule has 2 aliphatic rings. The molecule has 51 heavy (non-hydrogen) atoms. The minimum absolute atomic E-state index is 0.200. The fourth-order valence-corrected chi connectivity index (χ4v) is 7.30. The second-order valence-corrected chi connectivity index (χ2v) is 14.2. The minimum Gasteiger partial charge on any atom is -0.493 e. The van der Waals surface area contributed by atoms with E-state index in [0.717, 1.165) is 90.4 Å². The van der Waals surface area contributed by atoms with E-state index in [2.05, 4.69) is 52.7 Å². The van der Waals surface area contributed by atoms with E-state index in [9.17, 15) is 10.4 Å². The minimum atomic E-state index is -0.200. The topological polar surface area (TPSA) is 104 Å². The van der Waals surface area contributed by atoms with Crippen molar-refractivity contribution in [1.82, 2.24) is 19.8 Å². The van der Waals surface area contributed by atoms with Crippen LogP contribution in [0, 0.1) is 25.2 Å². The molecule has 2 aliphatic heterocycles. The van der Waals surface area contributed by atoms with Gasteiger partial charge >= 0.3 is 0 Å². The van der Waals surface area contributed by atoms with Crippen molar-refractivity contribution < 1.29 is 19.3 Å². The number of halogens is 1. The van der Waals surface area contributed by atoms with Crippen LogP contribution in [0.1, 0.15) is 72.5 Å². The van der Waals surface area contributed by atoms with Gasteiger partial charge in [0, 0.05) is 68.0 Å². The van der Waals surface area contributed by atoms with Gasteiger partial charge < -0.3 is 24.2 Å². The quantitative estimate of drug-likeness (QED) is 0.132. The molecule has 0 bridgehead atoms. The molecule has 2 saturated heterocycles. The third kappa shape index (κ3) is 9.38. The van der Waals surface area contributed by atoms with Crippen LogP contribution in [0.2, 0.25) is 5.02 Å². The second kappa shape index (κ2) is 17.3. The van der Waals surface area contributed by atoms with Crippen LogP contribution in [-0.4, -0.2) is 69.8 Å². The Labute approximate surface area is 306 Å². The number of aliphatic hydroxyl groups excluding tert-OH is 1. The number of piperidine rings is 1. The maximum absolute atomic E-state index is 9.80. The fraction of sp³-hybridized carbons (Fsp3) is 0.439. The summed E-state index contributed by atoms with van der Waals surface area (Å²) in [6, 6.07) is 16.5. The lowest BCUT2D eigenvalue weighted by Gasteiger charge is -2.33. The molecule has 0 radical (unpaired) electrons. The predicted octanol–water partition coefficient (Wildman–Crippen LogP) is 7.65.